The maximum absolute atomic E-state index is 12.4. The number of benzene rings is 1. The highest BCUT2D eigenvalue weighted by Crippen LogP contribution is 2.28. The van der Waals surface area contributed by atoms with E-state index in [9.17, 15) is 8.42 Å². The third kappa shape index (κ3) is 3.43. The monoisotopic (exact) mass is 309 g/mol. The molecule has 2 rings (SSSR count). The molecule has 0 amide bonds. The van der Waals surface area contributed by atoms with E-state index in [1.165, 1.54) is 6.20 Å². The van der Waals surface area contributed by atoms with Crippen molar-refractivity contribution in [3.63, 3.8) is 0 Å². The zero-order chi connectivity index (χ0) is 15.5. The Labute approximate surface area is 124 Å². The Balaban J connectivity index is 2.31. The van der Waals surface area contributed by atoms with Crippen molar-refractivity contribution in [2.24, 2.45) is 0 Å². The lowest BCUT2D eigenvalue weighted by Gasteiger charge is -2.19. The van der Waals surface area contributed by atoms with E-state index in [0.29, 0.717) is 18.0 Å². The van der Waals surface area contributed by atoms with Gasteiger partial charge in [-0.2, -0.15) is 0 Å². The Morgan fingerprint density at radius 2 is 2.10 bits per heavy atom. The van der Waals surface area contributed by atoms with Crippen molar-refractivity contribution < 1.29 is 13.2 Å². The number of methoxy groups -OCH3 is 1. The minimum atomic E-state index is -3.65. The molecule has 0 fully saturated rings. The number of para-hydroxylation sites is 1. The average molecular weight is 309 g/mol. The van der Waals surface area contributed by atoms with Gasteiger partial charge < -0.3 is 9.72 Å². The summed E-state index contributed by atoms with van der Waals surface area (Å²) >= 11 is 0. The fourth-order valence-corrected chi connectivity index (χ4v) is 3.38. The first-order chi connectivity index (χ1) is 9.97. The van der Waals surface area contributed by atoms with Crippen molar-refractivity contribution in [3.05, 3.63) is 41.9 Å². The van der Waals surface area contributed by atoms with Crippen molar-refractivity contribution in [2.75, 3.05) is 7.11 Å². The number of nitrogens with one attached hydrogen (secondary N) is 2. The van der Waals surface area contributed by atoms with E-state index < -0.39 is 10.0 Å². The first kappa shape index (κ1) is 15.5. The summed E-state index contributed by atoms with van der Waals surface area (Å²) in [6.07, 6.45) is 1.92. The summed E-state index contributed by atoms with van der Waals surface area (Å²) in [6.45, 7) is 3.62. The molecule has 21 heavy (non-hydrogen) atoms. The van der Waals surface area contributed by atoms with Crippen LogP contribution >= 0.6 is 0 Å². The van der Waals surface area contributed by atoms with Crippen LogP contribution in [-0.4, -0.2) is 25.5 Å². The summed E-state index contributed by atoms with van der Waals surface area (Å²) in [4.78, 5) is 6.66. The van der Waals surface area contributed by atoms with Crippen LogP contribution in [0.5, 0.6) is 5.75 Å². The predicted molar refractivity (Wildman–Crippen MR) is 79.7 cm³/mol. The van der Waals surface area contributed by atoms with Gasteiger partial charge in [0.05, 0.1) is 19.3 Å². The summed E-state index contributed by atoms with van der Waals surface area (Å²) in [5.41, 5.74) is 0.808. The molecule has 1 unspecified atom stereocenters. The zero-order valence-corrected chi connectivity index (χ0v) is 13.1. The van der Waals surface area contributed by atoms with Crippen LogP contribution in [0, 0.1) is 6.92 Å². The molecule has 0 aliphatic rings. The van der Waals surface area contributed by atoms with Crippen LogP contribution in [0.4, 0.5) is 0 Å². The van der Waals surface area contributed by atoms with Crippen molar-refractivity contribution in [1.29, 1.82) is 0 Å². The topological polar surface area (TPSA) is 84.1 Å². The molecular formula is C14H19N3O3S. The second kappa shape index (κ2) is 6.28. The first-order valence-corrected chi connectivity index (χ1v) is 8.13. The van der Waals surface area contributed by atoms with E-state index in [1.807, 2.05) is 31.2 Å². The van der Waals surface area contributed by atoms with Gasteiger partial charge in [-0.1, -0.05) is 25.1 Å². The lowest BCUT2D eigenvalue weighted by molar-refractivity contribution is 0.402. The highest BCUT2D eigenvalue weighted by atomic mass is 32.2. The van der Waals surface area contributed by atoms with E-state index in [2.05, 4.69) is 14.7 Å². The van der Waals surface area contributed by atoms with Crippen molar-refractivity contribution >= 4 is 10.0 Å². The van der Waals surface area contributed by atoms with Gasteiger partial charge in [0.1, 0.15) is 11.6 Å². The van der Waals surface area contributed by atoms with E-state index in [-0.39, 0.29) is 11.1 Å². The average Bonchev–Trinajstić information content (AvgIpc) is 2.92. The smallest absolute Gasteiger partial charge is 0.258 e. The Hall–Kier alpha value is -1.86. The molecule has 0 aliphatic carbocycles. The van der Waals surface area contributed by atoms with Crippen molar-refractivity contribution in [1.82, 2.24) is 14.7 Å². The summed E-state index contributed by atoms with van der Waals surface area (Å²) < 4.78 is 32.7. The molecule has 0 saturated heterocycles. The van der Waals surface area contributed by atoms with Gasteiger partial charge in [0, 0.05) is 5.56 Å². The molecule has 0 bridgehead atoms. The van der Waals surface area contributed by atoms with E-state index in [0.717, 1.165) is 5.56 Å². The highest BCUT2D eigenvalue weighted by Gasteiger charge is 2.23. The van der Waals surface area contributed by atoms with Crippen molar-refractivity contribution in [3.8, 4) is 5.75 Å². The molecule has 7 heteroatoms. The molecule has 1 aromatic heterocycles. The van der Waals surface area contributed by atoms with E-state index >= 15 is 0 Å². The Bertz CT molecular complexity index is 710. The molecule has 2 N–H and O–H groups in total. The fourth-order valence-electron chi connectivity index (χ4n) is 2.11. The number of hydrogen-bond donors (Lipinski definition) is 2. The second-order valence-corrected chi connectivity index (χ2v) is 6.34. The number of aromatic amines is 1. The highest BCUT2D eigenvalue weighted by molar-refractivity contribution is 7.89. The third-order valence-electron chi connectivity index (χ3n) is 3.19. The van der Waals surface area contributed by atoms with Crippen LogP contribution in [0.1, 0.15) is 30.8 Å². The summed E-state index contributed by atoms with van der Waals surface area (Å²) in [5.74, 6) is 1.22. The Morgan fingerprint density at radius 1 is 1.38 bits per heavy atom. The molecule has 0 aliphatic heterocycles. The van der Waals surface area contributed by atoms with Crippen LogP contribution in [-0.2, 0) is 10.0 Å². The van der Waals surface area contributed by atoms with Gasteiger partial charge in [0.2, 0.25) is 0 Å². The lowest BCUT2D eigenvalue weighted by atomic mass is 10.0. The first-order valence-electron chi connectivity index (χ1n) is 6.64. The van der Waals surface area contributed by atoms with Crippen LogP contribution in [0.25, 0.3) is 0 Å². The van der Waals surface area contributed by atoms with Gasteiger partial charge in [0.15, 0.2) is 5.03 Å². The maximum Gasteiger partial charge on any atom is 0.258 e. The van der Waals surface area contributed by atoms with Crippen molar-refractivity contribution in [2.45, 2.75) is 31.3 Å². The number of hydrogen-bond acceptors (Lipinski definition) is 4. The normalized spacial score (nSPS) is 13.1. The fraction of sp³-hybridized carbons (Fsp3) is 0.357. The van der Waals surface area contributed by atoms with Gasteiger partial charge >= 0.3 is 0 Å². The molecule has 1 atom stereocenters. The minimum Gasteiger partial charge on any atom is -0.496 e. The van der Waals surface area contributed by atoms with Crippen LogP contribution in [0.2, 0.25) is 0 Å². The maximum atomic E-state index is 12.4. The van der Waals surface area contributed by atoms with Gasteiger partial charge in [-0.25, -0.2) is 18.1 Å². The van der Waals surface area contributed by atoms with Crippen LogP contribution < -0.4 is 9.46 Å². The van der Waals surface area contributed by atoms with Crippen LogP contribution in [0.3, 0.4) is 0 Å². The molecule has 6 nitrogen and oxygen atoms in total. The van der Waals surface area contributed by atoms with Gasteiger partial charge in [-0.05, 0) is 19.4 Å². The van der Waals surface area contributed by atoms with E-state index in [1.54, 1.807) is 14.0 Å². The molecule has 0 spiro atoms. The quantitative estimate of drug-likeness (QED) is 0.856. The van der Waals surface area contributed by atoms with Gasteiger partial charge in [-0.3, -0.25) is 0 Å². The molecule has 0 radical (unpaired) electrons. The predicted octanol–water partition coefficient (Wildman–Crippen LogP) is 2.16. The lowest BCUT2D eigenvalue weighted by Crippen LogP contribution is -2.29. The molecule has 0 saturated carbocycles. The molecule has 2 aromatic rings. The number of sulfonamides is 1. The number of imidazole rings is 1. The number of H-pyrrole nitrogens is 1. The summed E-state index contributed by atoms with van der Waals surface area (Å²) in [6, 6.07) is 7.01. The van der Waals surface area contributed by atoms with Gasteiger partial charge in [0.25, 0.3) is 10.0 Å². The minimum absolute atomic E-state index is 0.0633. The number of nitrogens with zero attached hydrogens (tertiary/aromatic N) is 1. The zero-order valence-electron chi connectivity index (χ0n) is 12.3. The number of aromatic nitrogens is 2. The Morgan fingerprint density at radius 3 is 2.67 bits per heavy atom. The molecule has 114 valence electrons. The van der Waals surface area contributed by atoms with Crippen LogP contribution in [0.15, 0.2) is 35.5 Å². The number of rotatable bonds is 6. The summed E-state index contributed by atoms with van der Waals surface area (Å²) in [5, 5.41) is 0.0633. The van der Waals surface area contributed by atoms with E-state index in [4.69, 9.17) is 4.74 Å². The SMILES string of the molecule is CCC(NS(=O)(=O)c1cnc(C)[nH]1)c1ccccc1OC. The standard InChI is InChI=1S/C14H19N3O3S/c1-4-12(11-7-5-6-8-13(11)20-3)17-21(18,19)14-9-15-10(2)16-14/h5-9,12,17H,4H2,1-3H3,(H,15,16). The molecule has 1 aromatic carbocycles. The number of ether oxygens (including phenoxy) is 1. The molecule has 1 heterocycles. The largest absolute Gasteiger partial charge is 0.496 e. The van der Waals surface area contributed by atoms with Gasteiger partial charge in [-0.15, -0.1) is 0 Å². The second-order valence-electron chi connectivity index (χ2n) is 4.66. The Kier molecular flexibility index (Phi) is 4.64. The summed E-state index contributed by atoms with van der Waals surface area (Å²) in [7, 11) is -2.08. The number of aryl methyl sites for hydroxylation is 1. The third-order valence-corrected chi connectivity index (χ3v) is 4.57. The molecular weight excluding hydrogens is 290 g/mol.